The summed E-state index contributed by atoms with van der Waals surface area (Å²) in [5.41, 5.74) is 2.10. The van der Waals surface area contributed by atoms with Crippen LogP contribution in [0.15, 0.2) is 24.3 Å². The molecule has 0 aromatic heterocycles. The zero-order valence-corrected chi connectivity index (χ0v) is 21.8. The monoisotopic (exact) mass is 467 g/mol. The zero-order valence-electron chi connectivity index (χ0n) is 21.8. The number of para-hydroxylation sites is 1. The van der Waals surface area contributed by atoms with Gasteiger partial charge in [0.2, 0.25) is 11.8 Å². The van der Waals surface area contributed by atoms with Crippen molar-refractivity contribution in [3.05, 3.63) is 29.8 Å². The van der Waals surface area contributed by atoms with Crippen LogP contribution in [0.25, 0.3) is 0 Å². The van der Waals surface area contributed by atoms with E-state index in [0.29, 0.717) is 42.5 Å². The molecule has 2 unspecified atom stereocenters. The molecule has 2 saturated carbocycles. The second-order valence-corrected chi connectivity index (χ2v) is 11.7. The number of carbonyl (C=O) groups excluding carboxylic acids is 2. The Balaban J connectivity index is 1.61. The quantitative estimate of drug-likeness (QED) is 0.598. The van der Waals surface area contributed by atoms with E-state index in [-0.39, 0.29) is 11.8 Å². The minimum atomic E-state index is 0.197. The van der Waals surface area contributed by atoms with Gasteiger partial charge in [0.05, 0.1) is 0 Å². The molecule has 2 amide bonds. The van der Waals surface area contributed by atoms with Gasteiger partial charge in [-0.3, -0.25) is 9.59 Å². The van der Waals surface area contributed by atoms with E-state index < -0.39 is 0 Å². The molecule has 5 heteroatoms. The van der Waals surface area contributed by atoms with Gasteiger partial charge in [-0.1, -0.05) is 58.7 Å². The van der Waals surface area contributed by atoms with Crippen LogP contribution in [0.1, 0.15) is 71.8 Å². The first-order valence-corrected chi connectivity index (χ1v) is 13.7. The fourth-order valence-corrected chi connectivity index (χ4v) is 6.31. The molecule has 0 N–H and O–H groups in total. The second-order valence-electron chi connectivity index (χ2n) is 11.7. The van der Waals surface area contributed by atoms with Crippen LogP contribution in [0.3, 0.4) is 0 Å². The van der Waals surface area contributed by atoms with Crippen LogP contribution in [-0.2, 0) is 16.1 Å². The summed E-state index contributed by atoms with van der Waals surface area (Å²) >= 11 is 0. The van der Waals surface area contributed by atoms with Crippen LogP contribution in [-0.4, -0.2) is 54.3 Å². The van der Waals surface area contributed by atoms with Crippen molar-refractivity contribution in [1.29, 1.82) is 0 Å². The third-order valence-corrected chi connectivity index (χ3v) is 7.95. The zero-order chi connectivity index (χ0) is 24.2. The Bertz CT molecular complexity index is 840. The summed E-state index contributed by atoms with van der Waals surface area (Å²) in [5, 5.41) is 0. The van der Waals surface area contributed by atoms with Crippen LogP contribution in [0.2, 0.25) is 0 Å². The van der Waals surface area contributed by atoms with E-state index in [0.717, 1.165) is 50.4 Å². The van der Waals surface area contributed by atoms with E-state index in [1.807, 2.05) is 17.0 Å². The molecule has 2 aliphatic carbocycles. The highest BCUT2D eigenvalue weighted by Gasteiger charge is 2.55. The van der Waals surface area contributed by atoms with E-state index in [9.17, 15) is 9.59 Å². The summed E-state index contributed by atoms with van der Waals surface area (Å²) in [4.78, 5) is 33.8. The Labute approximate surface area is 206 Å². The Morgan fingerprint density at radius 3 is 2.26 bits per heavy atom. The maximum Gasteiger partial charge on any atom is 0.227 e. The van der Waals surface area contributed by atoms with E-state index in [1.165, 1.54) is 25.7 Å². The van der Waals surface area contributed by atoms with Crippen molar-refractivity contribution in [3.63, 3.8) is 0 Å². The molecule has 2 fully saturated rings. The number of fused-ring (bicyclic) bond motifs is 2. The Morgan fingerprint density at radius 2 is 1.59 bits per heavy atom. The highest BCUT2D eigenvalue weighted by Crippen LogP contribution is 2.56. The molecule has 3 aliphatic rings. The van der Waals surface area contributed by atoms with Gasteiger partial charge in [-0.05, 0) is 61.1 Å². The molecule has 34 heavy (non-hydrogen) atoms. The predicted molar refractivity (Wildman–Crippen MR) is 138 cm³/mol. The summed E-state index contributed by atoms with van der Waals surface area (Å²) in [6, 6.07) is 8.28. The second kappa shape index (κ2) is 11.2. The minimum Gasteiger partial charge on any atom is -0.337 e. The lowest BCUT2D eigenvalue weighted by Crippen LogP contribution is -2.41. The van der Waals surface area contributed by atoms with Crippen LogP contribution in [0.4, 0.5) is 5.69 Å². The van der Waals surface area contributed by atoms with Gasteiger partial charge >= 0.3 is 0 Å². The van der Waals surface area contributed by atoms with Gasteiger partial charge in [0, 0.05) is 50.7 Å². The number of carbonyl (C=O) groups is 2. The summed E-state index contributed by atoms with van der Waals surface area (Å²) in [7, 11) is 0. The first kappa shape index (κ1) is 25.2. The Hall–Kier alpha value is -1.88. The largest absolute Gasteiger partial charge is 0.337 e. The molecule has 4 rings (SSSR count). The van der Waals surface area contributed by atoms with Crippen LogP contribution in [0, 0.1) is 29.6 Å². The van der Waals surface area contributed by atoms with Crippen molar-refractivity contribution >= 4 is 17.5 Å². The molecule has 1 aliphatic heterocycles. The maximum absolute atomic E-state index is 13.8. The lowest BCUT2D eigenvalue weighted by molar-refractivity contribution is -0.134. The van der Waals surface area contributed by atoms with Crippen LogP contribution in [0.5, 0.6) is 0 Å². The predicted octanol–water partition coefficient (Wildman–Crippen LogP) is 5.19. The van der Waals surface area contributed by atoms with Crippen molar-refractivity contribution in [2.24, 2.45) is 29.6 Å². The Kier molecular flexibility index (Phi) is 8.34. The average molecular weight is 468 g/mol. The van der Waals surface area contributed by atoms with E-state index >= 15 is 0 Å². The highest BCUT2D eigenvalue weighted by molar-refractivity contribution is 5.94. The number of amides is 2. The standard InChI is InChI=1S/C29H45N3O2/c1-21(2)18-27(33)32-15-9-14-30(19-22(3)4)16-17-31(20-23-10-5-8-13-26(23)32)29(34)28-24-11-6-7-12-25(24)28/h5,8,10,13,21-22,24-25,28H,6-7,9,11-12,14-20H2,1-4H3. The molecule has 5 nitrogen and oxygen atoms in total. The van der Waals surface area contributed by atoms with Gasteiger partial charge < -0.3 is 14.7 Å². The van der Waals surface area contributed by atoms with Crippen molar-refractivity contribution in [2.75, 3.05) is 37.6 Å². The normalized spacial score (nSPS) is 26.1. The molecule has 0 saturated heterocycles. The summed E-state index contributed by atoms with van der Waals surface area (Å²) in [6.45, 7) is 13.8. The number of rotatable bonds is 5. The van der Waals surface area contributed by atoms with Gasteiger partial charge in [0.1, 0.15) is 0 Å². The minimum absolute atomic E-state index is 0.197. The van der Waals surface area contributed by atoms with Crippen LogP contribution >= 0.6 is 0 Å². The van der Waals surface area contributed by atoms with Gasteiger partial charge in [-0.2, -0.15) is 0 Å². The van der Waals surface area contributed by atoms with Crippen molar-refractivity contribution < 1.29 is 9.59 Å². The fraction of sp³-hybridized carbons (Fsp3) is 0.724. The molecule has 0 bridgehead atoms. The number of anilines is 1. The molecule has 1 aromatic rings. The Morgan fingerprint density at radius 1 is 0.882 bits per heavy atom. The molecule has 0 spiro atoms. The third-order valence-electron chi connectivity index (χ3n) is 7.95. The fourth-order valence-electron chi connectivity index (χ4n) is 6.31. The first-order chi connectivity index (χ1) is 16.3. The lowest BCUT2D eigenvalue weighted by atomic mass is 10.0. The molecular weight excluding hydrogens is 422 g/mol. The maximum atomic E-state index is 13.8. The molecule has 188 valence electrons. The summed E-state index contributed by atoms with van der Waals surface area (Å²) < 4.78 is 0. The molecule has 1 heterocycles. The van der Waals surface area contributed by atoms with E-state index in [4.69, 9.17) is 0 Å². The van der Waals surface area contributed by atoms with Gasteiger partial charge in [-0.15, -0.1) is 0 Å². The number of benzene rings is 1. The van der Waals surface area contributed by atoms with Crippen molar-refractivity contribution in [3.8, 4) is 0 Å². The number of nitrogens with zero attached hydrogens (tertiary/aromatic N) is 3. The van der Waals surface area contributed by atoms with E-state index in [1.54, 1.807) is 0 Å². The third kappa shape index (κ3) is 6.02. The topological polar surface area (TPSA) is 43.9 Å². The molecule has 0 radical (unpaired) electrons. The highest BCUT2D eigenvalue weighted by atomic mass is 16.2. The smallest absolute Gasteiger partial charge is 0.227 e. The van der Waals surface area contributed by atoms with E-state index in [2.05, 4.69) is 49.6 Å². The SMILES string of the molecule is CC(C)CC(=O)N1CCCN(CC(C)C)CCN(C(=O)C2C3CCCCC32)Cc2ccccc21. The van der Waals surface area contributed by atoms with Crippen molar-refractivity contribution in [1.82, 2.24) is 9.80 Å². The number of hydrogen-bond acceptors (Lipinski definition) is 3. The van der Waals surface area contributed by atoms with Gasteiger partial charge in [0.25, 0.3) is 0 Å². The van der Waals surface area contributed by atoms with Gasteiger partial charge in [-0.25, -0.2) is 0 Å². The lowest BCUT2D eigenvalue weighted by Gasteiger charge is -2.29. The molecular formula is C29H45N3O2. The van der Waals surface area contributed by atoms with Crippen molar-refractivity contribution in [2.45, 2.75) is 72.8 Å². The molecule has 1 aromatic carbocycles. The summed E-state index contributed by atoms with van der Waals surface area (Å²) in [6.07, 6.45) is 6.51. The average Bonchev–Trinajstić information content (AvgIpc) is 3.52. The summed E-state index contributed by atoms with van der Waals surface area (Å²) in [5.74, 6) is 2.93. The van der Waals surface area contributed by atoms with Crippen LogP contribution < -0.4 is 4.90 Å². The molecule has 2 atom stereocenters. The van der Waals surface area contributed by atoms with Gasteiger partial charge in [0.15, 0.2) is 0 Å². The number of hydrogen-bond donors (Lipinski definition) is 0. The first-order valence-electron chi connectivity index (χ1n) is 13.7.